The van der Waals surface area contributed by atoms with Crippen LogP contribution in [-0.2, 0) is 14.4 Å². The van der Waals surface area contributed by atoms with Gasteiger partial charge in [-0.05, 0) is 25.2 Å². The average Bonchev–Trinajstić information content (AvgIpc) is 2.72. The molecule has 0 radical (unpaired) electrons. The molecular formula is C15H23N3O5. The van der Waals surface area contributed by atoms with Gasteiger partial charge < -0.3 is 15.7 Å². The van der Waals surface area contributed by atoms with Crippen LogP contribution in [0.3, 0.4) is 0 Å². The van der Waals surface area contributed by atoms with Gasteiger partial charge in [-0.2, -0.15) is 0 Å². The summed E-state index contributed by atoms with van der Waals surface area (Å²) in [6.45, 7) is 1.83. The zero-order valence-electron chi connectivity index (χ0n) is 13.3. The van der Waals surface area contributed by atoms with E-state index in [9.17, 15) is 19.2 Å². The predicted octanol–water partition coefficient (Wildman–Crippen LogP) is 0.468. The molecule has 8 heteroatoms. The van der Waals surface area contributed by atoms with Crippen LogP contribution in [0.2, 0.25) is 0 Å². The molecule has 1 saturated carbocycles. The highest BCUT2D eigenvalue weighted by molar-refractivity contribution is 6.09. The molecule has 1 heterocycles. The first-order valence-electron chi connectivity index (χ1n) is 7.99. The second-order valence-corrected chi connectivity index (χ2v) is 6.29. The molecule has 0 aromatic rings. The van der Waals surface area contributed by atoms with Crippen molar-refractivity contribution in [1.82, 2.24) is 15.5 Å². The Morgan fingerprint density at radius 1 is 1.39 bits per heavy atom. The van der Waals surface area contributed by atoms with E-state index in [1.54, 1.807) is 0 Å². The van der Waals surface area contributed by atoms with Crippen LogP contribution in [0.1, 0.15) is 45.4 Å². The number of carboxylic acids is 1. The number of urea groups is 1. The van der Waals surface area contributed by atoms with Crippen molar-refractivity contribution in [2.45, 2.75) is 51.0 Å². The predicted molar refractivity (Wildman–Crippen MR) is 80.5 cm³/mol. The van der Waals surface area contributed by atoms with Crippen molar-refractivity contribution in [3.05, 3.63) is 0 Å². The minimum Gasteiger partial charge on any atom is -0.481 e. The quantitative estimate of drug-likeness (QED) is 0.485. The maximum absolute atomic E-state index is 12.6. The van der Waals surface area contributed by atoms with Gasteiger partial charge in [-0.25, -0.2) is 4.79 Å². The number of carbonyl (C=O) groups is 4. The number of carbonyl (C=O) groups excluding carboxylic acids is 3. The van der Waals surface area contributed by atoms with Crippen molar-refractivity contribution in [3.8, 4) is 0 Å². The maximum Gasteiger partial charge on any atom is 0.325 e. The normalized spacial score (nSPS) is 27.2. The highest BCUT2D eigenvalue weighted by Gasteiger charge is 2.55. The molecule has 1 aliphatic heterocycles. The molecule has 0 aromatic carbocycles. The van der Waals surface area contributed by atoms with E-state index in [1.165, 1.54) is 0 Å². The van der Waals surface area contributed by atoms with Gasteiger partial charge in [0, 0.05) is 13.0 Å². The lowest BCUT2D eigenvalue weighted by Gasteiger charge is -2.36. The molecule has 2 fully saturated rings. The Kier molecular flexibility index (Phi) is 5.23. The maximum atomic E-state index is 12.6. The molecule has 1 saturated heterocycles. The Labute approximate surface area is 134 Å². The molecule has 0 aromatic heterocycles. The van der Waals surface area contributed by atoms with Crippen LogP contribution >= 0.6 is 0 Å². The summed E-state index contributed by atoms with van der Waals surface area (Å²) in [7, 11) is 0. The molecule has 2 aliphatic rings. The molecule has 8 nitrogen and oxygen atoms in total. The summed E-state index contributed by atoms with van der Waals surface area (Å²) < 4.78 is 0. The van der Waals surface area contributed by atoms with Crippen molar-refractivity contribution in [2.75, 3.05) is 13.1 Å². The monoisotopic (exact) mass is 325 g/mol. The van der Waals surface area contributed by atoms with Crippen LogP contribution in [0.4, 0.5) is 4.79 Å². The van der Waals surface area contributed by atoms with E-state index in [0.717, 1.165) is 24.2 Å². The third-order valence-corrected chi connectivity index (χ3v) is 4.69. The zero-order chi connectivity index (χ0) is 17.0. The standard InChI is InChI=1S/C15H23N3O5/c1-10-5-2-3-7-15(10)13(22)18(14(23)17-15)9-11(19)16-8-4-6-12(20)21/h10H,2-9H2,1H3,(H,16,19)(H,17,23)(H,20,21). The zero-order valence-corrected chi connectivity index (χ0v) is 13.3. The first-order chi connectivity index (χ1) is 10.9. The van der Waals surface area contributed by atoms with Gasteiger partial charge in [0.15, 0.2) is 0 Å². The second-order valence-electron chi connectivity index (χ2n) is 6.29. The van der Waals surface area contributed by atoms with Crippen molar-refractivity contribution >= 4 is 23.8 Å². The van der Waals surface area contributed by atoms with Gasteiger partial charge in [-0.1, -0.05) is 19.8 Å². The van der Waals surface area contributed by atoms with Crippen LogP contribution in [0.25, 0.3) is 0 Å². The largest absolute Gasteiger partial charge is 0.481 e. The topological polar surface area (TPSA) is 116 Å². The number of hydrogen-bond acceptors (Lipinski definition) is 4. The molecule has 1 aliphatic carbocycles. The summed E-state index contributed by atoms with van der Waals surface area (Å²) in [6.07, 6.45) is 3.67. The van der Waals surface area contributed by atoms with Crippen molar-refractivity contribution in [1.29, 1.82) is 0 Å². The summed E-state index contributed by atoms with van der Waals surface area (Å²) in [5.41, 5.74) is -0.862. The van der Waals surface area contributed by atoms with E-state index in [-0.39, 0.29) is 31.3 Å². The minimum absolute atomic E-state index is 0.0377. The van der Waals surface area contributed by atoms with Crippen LogP contribution in [0.15, 0.2) is 0 Å². The minimum atomic E-state index is -0.929. The highest BCUT2D eigenvalue weighted by atomic mass is 16.4. The van der Waals surface area contributed by atoms with Gasteiger partial charge in [-0.3, -0.25) is 19.3 Å². The van der Waals surface area contributed by atoms with Gasteiger partial charge in [0.1, 0.15) is 12.1 Å². The molecule has 2 unspecified atom stereocenters. The number of nitrogens with one attached hydrogen (secondary N) is 2. The van der Waals surface area contributed by atoms with Crippen molar-refractivity contribution in [2.24, 2.45) is 5.92 Å². The van der Waals surface area contributed by atoms with E-state index >= 15 is 0 Å². The van der Waals surface area contributed by atoms with Crippen LogP contribution in [0.5, 0.6) is 0 Å². The summed E-state index contributed by atoms with van der Waals surface area (Å²) >= 11 is 0. The Morgan fingerprint density at radius 3 is 2.78 bits per heavy atom. The summed E-state index contributed by atoms with van der Waals surface area (Å²) in [6, 6.07) is -0.524. The van der Waals surface area contributed by atoms with Crippen molar-refractivity contribution < 1.29 is 24.3 Å². The molecule has 2 atom stereocenters. The molecule has 23 heavy (non-hydrogen) atoms. The Hall–Kier alpha value is -2.12. The number of imide groups is 1. The fourth-order valence-electron chi connectivity index (χ4n) is 3.31. The van der Waals surface area contributed by atoms with E-state index in [4.69, 9.17) is 5.11 Å². The summed E-state index contributed by atoms with van der Waals surface area (Å²) in [4.78, 5) is 48.0. The molecule has 4 amide bonds. The Bertz CT molecular complexity index is 521. The summed E-state index contributed by atoms with van der Waals surface area (Å²) in [5, 5.41) is 13.8. The number of carboxylic acid groups (broad SMARTS) is 1. The first-order valence-corrected chi connectivity index (χ1v) is 7.99. The first kappa shape index (κ1) is 17.2. The van der Waals surface area contributed by atoms with Crippen molar-refractivity contribution in [3.63, 3.8) is 0 Å². The Morgan fingerprint density at radius 2 is 2.13 bits per heavy atom. The molecule has 2 rings (SSSR count). The SMILES string of the molecule is CC1CCCCC12NC(=O)N(CC(=O)NCCCC(=O)O)C2=O. The Balaban J connectivity index is 1.90. The summed E-state index contributed by atoms with van der Waals surface area (Å²) in [5.74, 6) is -1.66. The molecule has 0 bridgehead atoms. The van der Waals surface area contributed by atoms with Gasteiger partial charge in [0.25, 0.3) is 5.91 Å². The number of nitrogens with zero attached hydrogens (tertiary/aromatic N) is 1. The van der Waals surface area contributed by atoms with E-state index in [0.29, 0.717) is 12.8 Å². The van der Waals surface area contributed by atoms with Crippen LogP contribution in [-0.4, -0.2) is 52.4 Å². The third kappa shape index (κ3) is 3.62. The second kappa shape index (κ2) is 6.97. The van der Waals surface area contributed by atoms with Crippen LogP contribution in [0, 0.1) is 5.92 Å². The molecular weight excluding hydrogens is 302 g/mol. The van der Waals surface area contributed by atoms with Gasteiger partial charge in [0.05, 0.1) is 0 Å². The number of amides is 4. The van der Waals surface area contributed by atoms with E-state index < -0.39 is 23.4 Å². The molecule has 1 spiro atoms. The number of rotatable bonds is 6. The molecule has 3 N–H and O–H groups in total. The highest BCUT2D eigenvalue weighted by Crippen LogP contribution is 2.38. The lowest BCUT2D eigenvalue weighted by atomic mass is 9.73. The lowest BCUT2D eigenvalue weighted by molar-refractivity contribution is -0.137. The van der Waals surface area contributed by atoms with Gasteiger partial charge >= 0.3 is 12.0 Å². The fourth-order valence-corrected chi connectivity index (χ4v) is 3.31. The average molecular weight is 325 g/mol. The number of aliphatic carboxylic acids is 1. The van der Waals surface area contributed by atoms with Gasteiger partial charge in [0.2, 0.25) is 5.91 Å². The van der Waals surface area contributed by atoms with E-state index in [1.807, 2.05) is 6.92 Å². The fraction of sp³-hybridized carbons (Fsp3) is 0.733. The lowest BCUT2D eigenvalue weighted by Crippen LogP contribution is -2.54. The molecule has 128 valence electrons. The van der Waals surface area contributed by atoms with E-state index in [2.05, 4.69) is 10.6 Å². The third-order valence-electron chi connectivity index (χ3n) is 4.69. The number of hydrogen-bond donors (Lipinski definition) is 3. The van der Waals surface area contributed by atoms with Gasteiger partial charge in [-0.15, -0.1) is 0 Å². The smallest absolute Gasteiger partial charge is 0.325 e. The van der Waals surface area contributed by atoms with Crippen LogP contribution < -0.4 is 10.6 Å².